The topological polar surface area (TPSA) is 38.3 Å². The van der Waals surface area contributed by atoms with Gasteiger partial charge in [-0.15, -0.1) is 0 Å². The molecule has 4 heteroatoms. The Balaban J connectivity index is 1.85. The summed E-state index contributed by atoms with van der Waals surface area (Å²) in [5.74, 6) is 2.19. The number of nitrogens with one attached hydrogen (secondary N) is 1. The van der Waals surface area contributed by atoms with Crippen LogP contribution in [0, 0.1) is 5.92 Å². The highest BCUT2D eigenvalue weighted by atomic mass is 32.2. The van der Waals surface area contributed by atoms with Crippen molar-refractivity contribution in [2.24, 2.45) is 5.92 Å². The Hall–Kier alpha value is -0.220. The van der Waals surface area contributed by atoms with Gasteiger partial charge in [0.05, 0.1) is 6.61 Å². The average molecular weight is 314 g/mol. The van der Waals surface area contributed by atoms with Crippen molar-refractivity contribution < 1.29 is 9.53 Å². The van der Waals surface area contributed by atoms with Crippen LogP contribution in [-0.4, -0.2) is 35.7 Å². The molecule has 0 aromatic rings. The Kier molecular flexibility index (Phi) is 6.87. The second-order valence-electron chi connectivity index (χ2n) is 6.58. The van der Waals surface area contributed by atoms with E-state index in [0.29, 0.717) is 11.9 Å². The molecule has 2 aliphatic rings. The Morgan fingerprint density at radius 1 is 1.29 bits per heavy atom. The van der Waals surface area contributed by atoms with Crippen molar-refractivity contribution in [2.45, 2.75) is 76.0 Å². The second kappa shape index (κ2) is 8.42. The van der Waals surface area contributed by atoms with Gasteiger partial charge in [0.2, 0.25) is 0 Å². The van der Waals surface area contributed by atoms with Gasteiger partial charge in [-0.25, -0.2) is 0 Å². The number of rotatable bonds is 8. The van der Waals surface area contributed by atoms with Gasteiger partial charge in [-0.1, -0.05) is 19.8 Å². The van der Waals surface area contributed by atoms with Crippen LogP contribution in [0.4, 0.5) is 0 Å². The zero-order chi connectivity index (χ0) is 15.1. The van der Waals surface area contributed by atoms with Gasteiger partial charge in [0.25, 0.3) is 0 Å². The molecule has 0 spiro atoms. The van der Waals surface area contributed by atoms with E-state index in [1.807, 2.05) is 6.92 Å². The molecule has 0 heterocycles. The Morgan fingerprint density at radius 3 is 2.71 bits per heavy atom. The van der Waals surface area contributed by atoms with Crippen LogP contribution < -0.4 is 5.32 Å². The minimum Gasteiger partial charge on any atom is -0.465 e. The van der Waals surface area contributed by atoms with Crippen LogP contribution >= 0.6 is 11.8 Å². The molecule has 0 aliphatic heterocycles. The highest BCUT2D eigenvalue weighted by Gasteiger charge is 2.46. The maximum Gasteiger partial charge on any atom is 0.326 e. The number of ether oxygens (including phenoxy) is 1. The number of esters is 1. The summed E-state index contributed by atoms with van der Waals surface area (Å²) >= 11 is 2.10. The maximum atomic E-state index is 12.4. The lowest BCUT2D eigenvalue weighted by atomic mass is 9.97. The molecule has 1 N–H and O–H groups in total. The molecule has 2 aliphatic carbocycles. The predicted octanol–water partition coefficient (Wildman–Crippen LogP) is 3.76. The molecule has 0 aromatic carbocycles. The molecule has 2 rings (SSSR count). The second-order valence-corrected chi connectivity index (χ2v) is 7.91. The van der Waals surface area contributed by atoms with Crippen molar-refractivity contribution in [3.05, 3.63) is 0 Å². The van der Waals surface area contributed by atoms with E-state index in [0.717, 1.165) is 38.1 Å². The van der Waals surface area contributed by atoms with E-state index in [4.69, 9.17) is 4.74 Å². The molecule has 21 heavy (non-hydrogen) atoms. The Bertz CT molecular complexity index is 331. The number of hydrogen-bond donors (Lipinski definition) is 1. The SMILES string of the molecule is CCCNC1(C(=O)OCC)CCC(SCC2CCCC2)C1. The number of thioether (sulfide) groups is 1. The molecule has 2 saturated carbocycles. The van der Waals surface area contributed by atoms with Crippen LogP contribution in [-0.2, 0) is 9.53 Å². The third-order valence-electron chi connectivity index (χ3n) is 4.89. The van der Waals surface area contributed by atoms with E-state index in [-0.39, 0.29) is 5.97 Å². The van der Waals surface area contributed by atoms with E-state index < -0.39 is 5.54 Å². The first-order chi connectivity index (χ1) is 10.2. The van der Waals surface area contributed by atoms with Crippen molar-refractivity contribution >= 4 is 17.7 Å². The van der Waals surface area contributed by atoms with E-state index in [1.165, 1.54) is 31.4 Å². The first-order valence-electron chi connectivity index (χ1n) is 8.74. The molecule has 2 fully saturated rings. The smallest absolute Gasteiger partial charge is 0.326 e. The van der Waals surface area contributed by atoms with Crippen molar-refractivity contribution in [1.29, 1.82) is 0 Å². The predicted molar refractivity (Wildman–Crippen MR) is 89.7 cm³/mol. The van der Waals surface area contributed by atoms with Gasteiger partial charge in [-0.2, -0.15) is 11.8 Å². The summed E-state index contributed by atoms with van der Waals surface area (Å²) in [7, 11) is 0. The Morgan fingerprint density at radius 2 is 2.05 bits per heavy atom. The summed E-state index contributed by atoms with van der Waals surface area (Å²) in [4.78, 5) is 12.4. The average Bonchev–Trinajstić information content (AvgIpc) is 3.13. The molecule has 0 radical (unpaired) electrons. The van der Waals surface area contributed by atoms with Gasteiger partial charge in [0, 0.05) is 5.25 Å². The van der Waals surface area contributed by atoms with Crippen LogP contribution in [0.25, 0.3) is 0 Å². The highest BCUT2D eigenvalue weighted by Crippen LogP contribution is 2.40. The zero-order valence-electron chi connectivity index (χ0n) is 13.7. The van der Waals surface area contributed by atoms with Crippen LogP contribution in [0.15, 0.2) is 0 Å². The van der Waals surface area contributed by atoms with Gasteiger partial charge < -0.3 is 10.1 Å². The van der Waals surface area contributed by atoms with Gasteiger partial charge in [-0.05, 0) is 63.7 Å². The van der Waals surface area contributed by atoms with Crippen molar-refractivity contribution in [2.75, 3.05) is 18.9 Å². The molecular weight excluding hydrogens is 282 g/mol. The Labute approximate surface area is 134 Å². The number of hydrogen-bond acceptors (Lipinski definition) is 4. The lowest BCUT2D eigenvalue weighted by Gasteiger charge is -2.28. The van der Waals surface area contributed by atoms with Crippen LogP contribution in [0.3, 0.4) is 0 Å². The van der Waals surface area contributed by atoms with Crippen molar-refractivity contribution in [3.8, 4) is 0 Å². The molecule has 0 saturated heterocycles. The summed E-state index contributed by atoms with van der Waals surface area (Å²) in [6.45, 7) is 5.42. The molecule has 0 aromatic heterocycles. The third kappa shape index (κ3) is 4.62. The van der Waals surface area contributed by atoms with Gasteiger partial charge in [0.1, 0.15) is 5.54 Å². The summed E-state index contributed by atoms with van der Waals surface area (Å²) in [5, 5.41) is 4.12. The quantitative estimate of drug-likeness (QED) is 0.692. The van der Waals surface area contributed by atoms with Crippen molar-refractivity contribution in [3.63, 3.8) is 0 Å². The molecule has 3 nitrogen and oxygen atoms in total. The molecule has 2 unspecified atom stereocenters. The number of carbonyl (C=O) groups is 1. The van der Waals surface area contributed by atoms with E-state index in [9.17, 15) is 4.79 Å². The lowest BCUT2D eigenvalue weighted by molar-refractivity contribution is -0.151. The van der Waals surface area contributed by atoms with E-state index >= 15 is 0 Å². The highest BCUT2D eigenvalue weighted by molar-refractivity contribution is 7.99. The zero-order valence-corrected chi connectivity index (χ0v) is 14.5. The van der Waals surface area contributed by atoms with Crippen LogP contribution in [0.2, 0.25) is 0 Å². The number of carbonyl (C=O) groups excluding carboxylic acids is 1. The monoisotopic (exact) mass is 313 g/mol. The fourth-order valence-corrected chi connectivity index (χ4v) is 5.21. The molecule has 0 amide bonds. The summed E-state index contributed by atoms with van der Waals surface area (Å²) in [6.07, 6.45) is 9.75. The van der Waals surface area contributed by atoms with Crippen LogP contribution in [0.1, 0.15) is 65.2 Å². The van der Waals surface area contributed by atoms with E-state index in [1.54, 1.807) is 0 Å². The third-order valence-corrected chi connectivity index (χ3v) is 6.43. The lowest BCUT2D eigenvalue weighted by Crippen LogP contribution is -2.51. The minimum absolute atomic E-state index is 0.0255. The standard InChI is InChI=1S/C17H31NO2S/c1-3-11-18-17(16(19)20-4-2)10-9-15(12-17)21-13-14-7-5-6-8-14/h14-15,18H,3-13H2,1-2H3. The first kappa shape index (κ1) is 17.1. The van der Waals surface area contributed by atoms with E-state index in [2.05, 4.69) is 24.0 Å². The maximum absolute atomic E-state index is 12.4. The van der Waals surface area contributed by atoms with Gasteiger partial charge in [-0.3, -0.25) is 4.79 Å². The normalized spacial score (nSPS) is 29.9. The van der Waals surface area contributed by atoms with Gasteiger partial charge in [0.15, 0.2) is 0 Å². The largest absolute Gasteiger partial charge is 0.465 e. The summed E-state index contributed by atoms with van der Waals surface area (Å²) < 4.78 is 5.34. The molecule has 2 atom stereocenters. The minimum atomic E-state index is -0.403. The van der Waals surface area contributed by atoms with Crippen LogP contribution in [0.5, 0.6) is 0 Å². The summed E-state index contributed by atoms with van der Waals surface area (Å²) in [6, 6.07) is 0. The molecule has 0 bridgehead atoms. The van der Waals surface area contributed by atoms with Crippen molar-refractivity contribution in [1.82, 2.24) is 5.32 Å². The first-order valence-corrected chi connectivity index (χ1v) is 9.79. The van der Waals surface area contributed by atoms with Gasteiger partial charge >= 0.3 is 5.97 Å². The fourth-order valence-electron chi connectivity index (χ4n) is 3.64. The fraction of sp³-hybridized carbons (Fsp3) is 0.941. The molecular formula is C17H31NO2S. The molecule has 122 valence electrons. The summed E-state index contributed by atoms with van der Waals surface area (Å²) in [5.41, 5.74) is -0.403.